The number of benzene rings is 3. The highest BCUT2D eigenvalue weighted by Gasteiger charge is 2.10. The molecule has 0 aliphatic heterocycles. The van der Waals surface area contributed by atoms with Gasteiger partial charge in [-0.3, -0.25) is 4.79 Å². The van der Waals surface area contributed by atoms with Gasteiger partial charge in [-0.15, -0.1) is 0 Å². The molecule has 3 nitrogen and oxygen atoms in total. The largest absolute Gasteiger partial charge is 0.365 e. The van der Waals surface area contributed by atoms with Gasteiger partial charge in [0, 0.05) is 23.8 Å². The standard InChI is InChI=1S/C19H18N2O/c1-21(14-19(22)20-16-10-3-2-4-11-16)18-13-7-9-15-8-5-6-12-17(15)18/h2-13H,14H2,1H3,(H,20,22). The molecule has 0 heterocycles. The van der Waals surface area contributed by atoms with Crippen LogP contribution in [-0.4, -0.2) is 19.5 Å². The molecule has 0 aromatic heterocycles. The third-order valence-electron chi connectivity index (χ3n) is 3.62. The van der Waals surface area contributed by atoms with E-state index in [0.717, 1.165) is 16.8 Å². The minimum Gasteiger partial charge on any atom is -0.365 e. The summed E-state index contributed by atoms with van der Waals surface area (Å²) in [6.45, 7) is 0.308. The van der Waals surface area contributed by atoms with Crippen molar-refractivity contribution in [2.45, 2.75) is 0 Å². The van der Waals surface area contributed by atoms with Crippen LogP contribution in [0.4, 0.5) is 11.4 Å². The van der Waals surface area contributed by atoms with Crippen molar-refractivity contribution < 1.29 is 4.79 Å². The fourth-order valence-corrected chi connectivity index (χ4v) is 2.56. The lowest BCUT2D eigenvalue weighted by Gasteiger charge is -2.20. The number of amides is 1. The first-order chi connectivity index (χ1) is 10.7. The zero-order valence-corrected chi connectivity index (χ0v) is 12.5. The van der Waals surface area contributed by atoms with E-state index in [9.17, 15) is 4.79 Å². The highest BCUT2D eigenvalue weighted by atomic mass is 16.2. The maximum atomic E-state index is 12.2. The van der Waals surface area contributed by atoms with Gasteiger partial charge in [0.25, 0.3) is 0 Å². The van der Waals surface area contributed by atoms with Gasteiger partial charge >= 0.3 is 0 Å². The molecule has 3 aromatic rings. The first-order valence-corrected chi connectivity index (χ1v) is 7.28. The highest BCUT2D eigenvalue weighted by molar-refractivity contribution is 5.98. The molecule has 3 rings (SSSR count). The number of nitrogens with zero attached hydrogens (tertiary/aromatic N) is 1. The Balaban J connectivity index is 1.76. The molecule has 1 N–H and O–H groups in total. The summed E-state index contributed by atoms with van der Waals surface area (Å²) in [6, 6.07) is 23.8. The van der Waals surface area contributed by atoms with Gasteiger partial charge in [-0.05, 0) is 23.6 Å². The van der Waals surface area contributed by atoms with Crippen LogP contribution >= 0.6 is 0 Å². The second-order valence-electron chi connectivity index (χ2n) is 5.27. The van der Waals surface area contributed by atoms with E-state index in [4.69, 9.17) is 0 Å². The van der Waals surface area contributed by atoms with Crippen LogP contribution < -0.4 is 10.2 Å². The van der Waals surface area contributed by atoms with Crippen molar-refractivity contribution >= 4 is 28.1 Å². The van der Waals surface area contributed by atoms with Crippen molar-refractivity contribution in [2.24, 2.45) is 0 Å². The lowest BCUT2D eigenvalue weighted by atomic mass is 10.1. The van der Waals surface area contributed by atoms with E-state index < -0.39 is 0 Å². The molecule has 1 amide bonds. The second kappa shape index (κ2) is 6.31. The number of para-hydroxylation sites is 1. The van der Waals surface area contributed by atoms with Crippen molar-refractivity contribution in [3.05, 3.63) is 72.8 Å². The second-order valence-corrected chi connectivity index (χ2v) is 5.27. The van der Waals surface area contributed by atoms with Gasteiger partial charge in [0.2, 0.25) is 5.91 Å². The monoisotopic (exact) mass is 290 g/mol. The van der Waals surface area contributed by atoms with E-state index in [1.54, 1.807) is 0 Å². The first kappa shape index (κ1) is 14.1. The normalized spacial score (nSPS) is 10.4. The Morgan fingerprint density at radius 3 is 2.41 bits per heavy atom. The van der Waals surface area contributed by atoms with Crippen molar-refractivity contribution in [3.63, 3.8) is 0 Å². The van der Waals surface area contributed by atoms with Crippen LogP contribution in [0, 0.1) is 0 Å². The number of fused-ring (bicyclic) bond motifs is 1. The minimum absolute atomic E-state index is 0.0263. The Kier molecular flexibility index (Phi) is 4.05. The van der Waals surface area contributed by atoms with Gasteiger partial charge in [0.05, 0.1) is 6.54 Å². The van der Waals surface area contributed by atoms with E-state index in [0.29, 0.717) is 6.54 Å². The van der Waals surface area contributed by atoms with Crippen LogP contribution in [-0.2, 0) is 4.79 Å². The zero-order valence-electron chi connectivity index (χ0n) is 12.5. The summed E-state index contributed by atoms with van der Waals surface area (Å²) in [5, 5.41) is 5.24. The molecule has 0 atom stereocenters. The zero-order chi connectivity index (χ0) is 15.4. The van der Waals surface area contributed by atoms with Crippen LogP contribution in [0.15, 0.2) is 72.8 Å². The topological polar surface area (TPSA) is 32.3 Å². The van der Waals surface area contributed by atoms with E-state index in [2.05, 4.69) is 23.5 Å². The van der Waals surface area contributed by atoms with Gasteiger partial charge in [0.15, 0.2) is 0 Å². The van der Waals surface area contributed by atoms with Gasteiger partial charge in [-0.2, -0.15) is 0 Å². The Morgan fingerprint density at radius 1 is 0.909 bits per heavy atom. The lowest BCUT2D eigenvalue weighted by molar-refractivity contribution is -0.114. The van der Waals surface area contributed by atoms with E-state index in [-0.39, 0.29) is 5.91 Å². The molecule has 22 heavy (non-hydrogen) atoms. The fourth-order valence-electron chi connectivity index (χ4n) is 2.56. The smallest absolute Gasteiger partial charge is 0.243 e. The number of carbonyl (C=O) groups excluding carboxylic acids is 1. The number of carbonyl (C=O) groups is 1. The molecular formula is C19H18N2O. The number of hydrogen-bond donors (Lipinski definition) is 1. The maximum absolute atomic E-state index is 12.2. The lowest BCUT2D eigenvalue weighted by Crippen LogP contribution is -2.30. The van der Waals surface area contributed by atoms with Crippen LogP contribution in [0.25, 0.3) is 10.8 Å². The Morgan fingerprint density at radius 2 is 1.59 bits per heavy atom. The molecule has 0 saturated carbocycles. The molecule has 0 radical (unpaired) electrons. The van der Waals surface area contributed by atoms with Crippen LogP contribution in [0.3, 0.4) is 0 Å². The van der Waals surface area contributed by atoms with Gasteiger partial charge in [-0.25, -0.2) is 0 Å². The molecule has 0 bridgehead atoms. The van der Waals surface area contributed by atoms with Gasteiger partial charge in [0.1, 0.15) is 0 Å². The predicted octanol–water partition coefficient (Wildman–Crippen LogP) is 3.91. The molecule has 3 heteroatoms. The summed E-state index contributed by atoms with van der Waals surface area (Å²) in [7, 11) is 1.94. The number of rotatable bonds is 4. The molecule has 0 aliphatic carbocycles. The summed E-state index contributed by atoms with van der Waals surface area (Å²) >= 11 is 0. The molecule has 0 spiro atoms. The van der Waals surface area contributed by atoms with E-state index in [1.807, 2.05) is 66.5 Å². The van der Waals surface area contributed by atoms with E-state index in [1.165, 1.54) is 5.39 Å². The maximum Gasteiger partial charge on any atom is 0.243 e. The van der Waals surface area contributed by atoms with Crippen LogP contribution in [0.1, 0.15) is 0 Å². The molecule has 0 unspecified atom stereocenters. The highest BCUT2D eigenvalue weighted by Crippen LogP contribution is 2.25. The van der Waals surface area contributed by atoms with Crippen molar-refractivity contribution in [1.82, 2.24) is 0 Å². The first-order valence-electron chi connectivity index (χ1n) is 7.28. The Bertz CT molecular complexity index is 778. The molecule has 0 aliphatic rings. The average molecular weight is 290 g/mol. The van der Waals surface area contributed by atoms with Crippen molar-refractivity contribution in [3.8, 4) is 0 Å². The molecule has 110 valence electrons. The minimum atomic E-state index is -0.0263. The van der Waals surface area contributed by atoms with E-state index >= 15 is 0 Å². The van der Waals surface area contributed by atoms with Gasteiger partial charge in [-0.1, -0.05) is 54.6 Å². The molecular weight excluding hydrogens is 272 g/mol. The summed E-state index contributed by atoms with van der Waals surface area (Å²) in [5.74, 6) is -0.0263. The number of hydrogen-bond acceptors (Lipinski definition) is 2. The van der Waals surface area contributed by atoms with Crippen LogP contribution in [0.2, 0.25) is 0 Å². The fraction of sp³-hybridized carbons (Fsp3) is 0.105. The number of nitrogens with one attached hydrogen (secondary N) is 1. The van der Waals surface area contributed by atoms with Crippen LogP contribution in [0.5, 0.6) is 0 Å². The summed E-state index contributed by atoms with van der Waals surface area (Å²) in [6.07, 6.45) is 0. The summed E-state index contributed by atoms with van der Waals surface area (Å²) in [5.41, 5.74) is 1.88. The van der Waals surface area contributed by atoms with Crippen molar-refractivity contribution in [2.75, 3.05) is 23.8 Å². The third-order valence-corrected chi connectivity index (χ3v) is 3.62. The Hall–Kier alpha value is -2.81. The SMILES string of the molecule is CN(CC(=O)Nc1ccccc1)c1cccc2ccccc12. The van der Waals surface area contributed by atoms with Gasteiger partial charge < -0.3 is 10.2 Å². The summed E-state index contributed by atoms with van der Waals surface area (Å²) in [4.78, 5) is 14.2. The predicted molar refractivity (Wildman–Crippen MR) is 92.3 cm³/mol. The summed E-state index contributed by atoms with van der Waals surface area (Å²) < 4.78 is 0. The number of likely N-dealkylation sites (N-methyl/N-ethyl adjacent to an activating group) is 1. The Labute approximate surface area is 130 Å². The molecule has 3 aromatic carbocycles. The third kappa shape index (κ3) is 3.09. The average Bonchev–Trinajstić information content (AvgIpc) is 2.55. The molecule has 0 fully saturated rings. The quantitative estimate of drug-likeness (QED) is 0.790. The number of anilines is 2. The van der Waals surface area contributed by atoms with Crippen molar-refractivity contribution in [1.29, 1.82) is 0 Å². The molecule has 0 saturated heterocycles.